The van der Waals surface area contributed by atoms with Crippen molar-refractivity contribution in [3.05, 3.63) is 11.4 Å². The van der Waals surface area contributed by atoms with Gasteiger partial charge in [-0.2, -0.15) is 5.10 Å². The zero-order chi connectivity index (χ0) is 13.9. The molecule has 7 nitrogen and oxygen atoms in total. The van der Waals surface area contributed by atoms with E-state index in [9.17, 15) is 9.90 Å². The maximum Gasteiger partial charge on any atom is 0.231 e. The Balaban J connectivity index is 2.56. The van der Waals surface area contributed by atoms with Crippen molar-refractivity contribution in [2.24, 2.45) is 5.73 Å². The van der Waals surface area contributed by atoms with Gasteiger partial charge in [-0.15, -0.1) is 0 Å². The van der Waals surface area contributed by atoms with E-state index in [1.54, 1.807) is 16.6 Å². The van der Waals surface area contributed by atoms with Gasteiger partial charge in [0.25, 0.3) is 0 Å². The Morgan fingerprint density at radius 1 is 1.56 bits per heavy atom. The van der Waals surface area contributed by atoms with Gasteiger partial charge in [0.05, 0.1) is 36.3 Å². The van der Waals surface area contributed by atoms with Crippen LogP contribution in [-0.4, -0.2) is 51.9 Å². The van der Waals surface area contributed by atoms with Crippen molar-refractivity contribution in [2.45, 2.75) is 26.5 Å². The first-order valence-corrected chi connectivity index (χ1v) is 5.75. The molecule has 1 amide bonds. The van der Waals surface area contributed by atoms with Crippen molar-refractivity contribution in [1.29, 1.82) is 0 Å². The highest BCUT2D eigenvalue weighted by molar-refractivity contribution is 5.75. The number of hydrogen-bond donors (Lipinski definition) is 3. The second-order valence-electron chi connectivity index (χ2n) is 4.58. The molecule has 1 heterocycles. The minimum atomic E-state index is -0.633. The molecule has 0 aliphatic carbocycles. The third kappa shape index (κ3) is 3.71. The van der Waals surface area contributed by atoms with Gasteiger partial charge in [-0.1, -0.05) is 0 Å². The van der Waals surface area contributed by atoms with Crippen LogP contribution in [0.2, 0.25) is 0 Å². The van der Waals surface area contributed by atoms with Crippen LogP contribution in [0.15, 0.2) is 0 Å². The van der Waals surface area contributed by atoms with E-state index in [0.29, 0.717) is 18.8 Å². The highest BCUT2D eigenvalue weighted by Crippen LogP contribution is 2.14. The van der Waals surface area contributed by atoms with Crippen LogP contribution in [0.5, 0.6) is 0 Å². The van der Waals surface area contributed by atoms with Gasteiger partial charge in [-0.25, -0.2) is 0 Å². The number of nitrogens with zero attached hydrogens (tertiary/aromatic N) is 3. The molecular weight excluding hydrogens is 234 g/mol. The average molecular weight is 255 g/mol. The number of carbonyl (C=O) groups is 1. The molecule has 1 rings (SSSR count). The molecule has 0 bridgehead atoms. The van der Waals surface area contributed by atoms with Gasteiger partial charge in [-0.05, 0) is 20.9 Å². The molecule has 0 aliphatic heterocycles. The number of carbonyl (C=O) groups excluding carboxylic acids is 1. The Morgan fingerprint density at radius 3 is 2.61 bits per heavy atom. The Bertz CT molecular complexity index is 429. The summed E-state index contributed by atoms with van der Waals surface area (Å²) in [5.74, 6) is -0.417. The number of aliphatic hydroxyl groups is 1. The summed E-state index contributed by atoms with van der Waals surface area (Å²) in [6, 6.07) is 0. The number of aliphatic hydroxyl groups excluding tert-OH is 1. The molecule has 0 aromatic carbocycles. The van der Waals surface area contributed by atoms with Crippen LogP contribution >= 0.6 is 0 Å². The summed E-state index contributed by atoms with van der Waals surface area (Å²) in [6.07, 6.45) is -0.633. The second-order valence-corrected chi connectivity index (χ2v) is 4.58. The first-order valence-electron chi connectivity index (χ1n) is 5.75. The lowest BCUT2D eigenvalue weighted by atomic mass is 10.3. The quantitative estimate of drug-likeness (QED) is 0.595. The molecular formula is C11H21N5O2. The molecule has 0 radical (unpaired) electrons. The van der Waals surface area contributed by atoms with E-state index in [0.717, 1.165) is 11.4 Å². The number of nitrogens with two attached hydrogens (primary N) is 2. The third-order valence-electron chi connectivity index (χ3n) is 2.77. The highest BCUT2D eigenvalue weighted by Gasteiger charge is 2.14. The molecule has 18 heavy (non-hydrogen) atoms. The van der Waals surface area contributed by atoms with Gasteiger partial charge in [0, 0.05) is 6.54 Å². The Morgan fingerprint density at radius 2 is 2.17 bits per heavy atom. The van der Waals surface area contributed by atoms with Crippen LogP contribution in [0.25, 0.3) is 0 Å². The van der Waals surface area contributed by atoms with Gasteiger partial charge in [0.2, 0.25) is 5.91 Å². The van der Waals surface area contributed by atoms with Crippen LogP contribution in [-0.2, 0) is 11.3 Å². The fourth-order valence-electron chi connectivity index (χ4n) is 1.84. The monoisotopic (exact) mass is 255 g/mol. The zero-order valence-corrected chi connectivity index (χ0v) is 11.1. The summed E-state index contributed by atoms with van der Waals surface area (Å²) < 4.78 is 1.67. The summed E-state index contributed by atoms with van der Waals surface area (Å²) in [6.45, 7) is 4.49. The summed E-state index contributed by atoms with van der Waals surface area (Å²) in [7, 11) is 1.73. The number of nitrogen functional groups attached to an aromatic ring is 1. The molecule has 7 heteroatoms. The average Bonchev–Trinajstić information content (AvgIpc) is 2.44. The Kier molecular flexibility index (Phi) is 4.69. The SMILES string of the molecule is Cc1nn(CC(O)CN(C)CC(N)=O)c(C)c1N. The highest BCUT2D eigenvalue weighted by atomic mass is 16.3. The van der Waals surface area contributed by atoms with E-state index in [1.807, 2.05) is 13.8 Å². The molecule has 0 aliphatic rings. The minimum Gasteiger partial charge on any atom is -0.396 e. The maximum atomic E-state index is 10.7. The molecule has 1 aromatic heterocycles. The van der Waals surface area contributed by atoms with E-state index in [1.165, 1.54) is 0 Å². The summed E-state index contributed by atoms with van der Waals surface area (Å²) in [4.78, 5) is 12.4. The predicted octanol–water partition coefficient (Wildman–Crippen LogP) is -1.14. The van der Waals surface area contributed by atoms with Crippen LogP contribution < -0.4 is 11.5 Å². The van der Waals surface area contributed by atoms with Crippen molar-refractivity contribution in [3.63, 3.8) is 0 Å². The molecule has 0 spiro atoms. The number of rotatable bonds is 6. The van der Waals surface area contributed by atoms with Crippen LogP contribution in [0.3, 0.4) is 0 Å². The lowest BCUT2D eigenvalue weighted by Gasteiger charge is -2.19. The van der Waals surface area contributed by atoms with Crippen molar-refractivity contribution >= 4 is 11.6 Å². The minimum absolute atomic E-state index is 0.121. The molecule has 1 aromatic rings. The fourth-order valence-corrected chi connectivity index (χ4v) is 1.84. The van der Waals surface area contributed by atoms with E-state index in [2.05, 4.69) is 5.10 Å². The van der Waals surface area contributed by atoms with Crippen LogP contribution in [0.4, 0.5) is 5.69 Å². The van der Waals surface area contributed by atoms with Crippen molar-refractivity contribution in [1.82, 2.24) is 14.7 Å². The molecule has 0 fully saturated rings. The van der Waals surface area contributed by atoms with E-state index >= 15 is 0 Å². The molecule has 102 valence electrons. The first-order chi connectivity index (χ1) is 8.31. The summed E-state index contributed by atoms with van der Waals surface area (Å²) in [5.41, 5.74) is 13.1. The number of aryl methyl sites for hydroxylation is 1. The van der Waals surface area contributed by atoms with Crippen molar-refractivity contribution in [2.75, 3.05) is 25.9 Å². The molecule has 0 saturated heterocycles. The lowest BCUT2D eigenvalue weighted by molar-refractivity contribution is -0.119. The summed E-state index contributed by atoms with van der Waals surface area (Å²) >= 11 is 0. The summed E-state index contributed by atoms with van der Waals surface area (Å²) in [5, 5.41) is 14.2. The van der Waals surface area contributed by atoms with Gasteiger partial charge >= 0.3 is 0 Å². The molecule has 1 unspecified atom stereocenters. The van der Waals surface area contributed by atoms with Gasteiger partial charge in [0.1, 0.15) is 0 Å². The van der Waals surface area contributed by atoms with Crippen molar-refractivity contribution in [3.8, 4) is 0 Å². The van der Waals surface area contributed by atoms with Gasteiger partial charge < -0.3 is 16.6 Å². The van der Waals surface area contributed by atoms with Crippen LogP contribution in [0, 0.1) is 13.8 Å². The lowest BCUT2D eigenvalue weighted by Crippen LogP contribution is -2.37. The van der Waals surface area contributed by atoms with Gasteiger partial charge in [0.15, 0.2) is 0 Å². The number of amides is 1. The Labute approximate surface area is 106 Å². The normalized spacial score (nSPS) is 12.9. The van der Waals surface area contributed by atoms with Crippen LogP contribution in [0.1, 0.15) is 11.4 Å². The van der Waals surface area contributed by atoms with E-state index in [4.69, 9.17) is 11.5 Å². The van der Waals surface area contributed by atoms with Crippen molar-refractivity contribution < 1.29 is 9.90 Å². The first kappa shape index (κ1) is 14.5. The fraction of sp³-hybridized carbons (Fsp3) is 0.636. The maximum absolute atomic E-state index is 10.7. The number of anilines is 1. The van der Waals surface area contributed by atoms with E-state index in [-0.39, 0.29) is 6.54 Å². The number of likely N-dealkylation sites (N-methyl/N-ethyl adjacent to an activating group) is 1. The predicted molar refractivity (Wildman–Crippen MR) is 68.8 cm³/mol. The zero-order valence-electron chi connectivity index (χ0n) is 11.1. The van der Waals surface area contributed by atoms with E-state index < -0.39 is 12.0 Å². The largest absolute Gasteiger partial charge is 0.396 e. The molecule has 0 saturated carbocycles. The standard InChI is InChI=1S/C11H21N5O2/c1-7-11(13)8(2)16(14-7)5-9(17)4-15(3)6-10(12)18/h9,17H,4-6,13H2,1-3H3,(H2,12,18). The second kappa shape index (κ2) is 5.83. The Hall–Kier alpha value is -1.60. The van der Waals surface area contributed by atoms with Gasteiger partial charge in [-0.3, -0.25) is 14.4 Å². The number of aromatic nitrogens is 2. The molecule has 1 atom stereocenters. The number of hydrogen-bond acceptors (Lipinski definition) is 5. The molecule has 5 N–H and O–H groups in total. The third-order valence-corrected chi connectivity index (χ3v) is 2.77. The smallest absolute Gasteiger partial charge is 0.231 e. The number of primary amides is 1. The topological polar surface area (TPSA) is 110 Å².